The highest BCUT2D eigenvalue weighted by Gasteiger charge is 2.21. The van der Waals surface area contributed by atoms with Crippen molar-refractivity contribution in [3.63, 3.8) is 0 Å². The average Bonchev–Trinajstić information content (AvgIpc) is 2.04. The van der Waals surface area contributed by atoms with Gasteiger partial charge in [0.05, 0.1) is 12.2 Å². The third-order valence-electron chi connectivity index (χ3n) is 2.35. The maximum absolute atomic E-state index is 9.23. The smallest absolute Gasteiger partial charge is 0.0799 e. The van der Waals surface area contributed by atoms with Crippen LogP contribution < -0.4 is 0 Å². The Bertz CT molecular complexity index is 91.4. The molecule has 1 aliphatic carbocycles. The molecular formula is C8H16O2. The molecule has 10 heavy (non-hydrogen) atoms. The predicted molar refractivity (Wildman–Crippen MR) is 39.6 cm³/mol. The van der Waals surface area contributed by atoms with E-state index < -0.39 is 12.2 Å². The summed E-state index contributed by atoms with van der Waals surface area (Å²) in [4.78, 5) is 0. The van der Waals surface area contributed by atoms with Gasteiger partial charge in [0.1, 0.15) is 0 Å². The molecule has 0 aromatic heterocycles. The Morgan fingerprint density at radius 1 is 0.900 bits per heavy atom. The lowest BCUT2D eigenvalue weighted by Crippen LogP contribution is -2.23. The minimum atomic E-state index is -0.468. The third-order valence-corrected chi connectivity index (χ3v) is 2.35. The first kappa shape index (κ1) is 8.02. The second-order valence-electron chi connectivity index (χ2n) is 3.39. The monoisotopic (exact) mass is 144 g/mol. The van der Waals surface area contributed by atoms with Crippen LogP contribution in [0, 0.1) is 5.92 Å². The molecule has 0 aliphatic heterocycles. The number of rotatable bonds is 0. The normalized spacial score (nSPS) is 42.9. The minimum absolute atomic E-state index is 0.468. The van der Waals surface area contributed by atoms with Gasteiger partial charge in [0, 0.05) is 0 Å². The van der Waals surface area contributed by atoms with Gasteiger partial charge in [-0.3, -0.25) is 0 Å². The quantitative estimate of drug-likeness (QED) is 0.496. The average molecular weight is 144 g/mol. The topological polar surface area (TPSA) is 40.5 Å². The molecule has 2 unspecified atom stereocenters. The molecule has 3 atom stereocenters. The van der Waals surface area contributed by atoms with E-state index in [4.69, 9.17) is 0 Å². The van der Waals surface area contributed by atoms with Gasteiger partial charge in [0.2, 0.25) is 0 Å². The minimum Gasteiger partial charge on any atom is -0.390 e. The molecule has 60 valence electrons. The van der Waals surface area contributed by atoms with E-state index in [1.165, 1.54) is 0 Å². The molecule has 0 bridgehead atoms. The molecule has 1 fully saturated rings. The van der Waals surface area contributed by atoms with Gasteiger partial charge < -0.3 is 10.2 Å². The fourth-order valence-electron chi connectivity index (χ4n) is 1.44. The maximum atomic E-state index is 9.23. The van der Waals surface area contributed by atoms with Crippen molar-refractivity contribution in [2.24, 2.45) is 5.92 Å². The zero-order valence-electron chi connectivity index (χ0n) is 6.45. The van der Waals surface area contributed by atoms with Crippen molar-refractivity contribution in [2.75, 3.05) is 0 Å². The molecule has 1 aliphatic rings. The Hall–Kier alpha value is -0.0800. The summed E-state index contributed by atoms with van der Waals surface area (Å²) in [5.74, 6) is 0.673. The zero-order chi connectivity index (χ0) is 7.56. The summed E-state index contributed by atoms with van der Waals surface area (Å²) < 4.78 is 0. The van der Waals surface area contributed by atoms with E-state index in [1.54, 1.807) is 0 Å². The maximum Gasteiger partial charge on any atom is 0.0799 e. The van der Waals surface area contributed by atoms with E-state index in [1.807, 2.05) is 0 Å². The summed E-state index contributed by atoms with van der Waals surface area (Å²) in [6, 6.07) is 0. The molecular weight excluding hydrogens is 128 g/mol. The Balaban J connectivity index is 2.38. The summed E-state index contributed by atoms with van der Waals surface area (Å²) >= 11 is 0. The molecule has 0 spiro atoms. The van der Waals surface area contributed by atoms with Crippen LogP contribution in [0.15, 0.2) is 0 Å². The van der Waals surface area contributed by atoms with Crippen molar-refractivity contribution in [3.8, 4) is 0 Å². The van der Waals surface area contributed by atoms with Crippen molar-refractivity contribution in [1.82, 2.24) is 0 Å². The molecule has 2 heteroatoms. The van der Waals surface area contributed by atoms with Gasteiger partial charge in [-0.25, -0.2) is 0 Å². The lowest BCUT2D eigenvalue weighted by atomic mass is 10.0. The molecule has 0 heterocycles. The van der Waals surface area contributed by atoms with Gasteiger partial charge in [-0.05, 0) is 31.6 Å². The largest absolute Gasteiger partial charge is 0.390 e. The molecule has 0 amide bonds. The molecule has 0 aromatic carbocycles. The van der Waals surface area contributed by atoms with Gasteiger partial charge in [-0.15, -0.1) is 0 Å². The number of hydrogen-bond acceptors (Lipinski definition) is 2. The van der Waals surface area contributed by atoms with Crippen LogP contribution in [0.2, 0.25) is 0 Å². The summed E-state index contributed by atoms with van der Waals surface area (Å²) in [5, 5.41) is 18.5. The number of hydrogen-bond donors (Lipinski definition) is 2. The Morgan fingerprint density at radius 3 is 1.70 bits per heavy atom. The standard InChI is InChI=1S/C8H16O2/c1-6-2-4-7(9)8(10)5-3-6/h6-10H,2-5H2,1H3/t6?,7-,8?/m0/s1. The van der Waals surface area contributed by atoms with Crippen molar-refractivity contribution in [2.45, 2.75) is 44.8 Å². The molecule has 0 radical (unpaired) electrons. The van der Waals surface area contributed by atoms with Crippen LogP contribution in [-0.2, 0) is 0 Å². The van der Waals surface area contributed by atoms with Crippen molar-refractivity contribution < 1.29 is 10.2 Å². The fourth-order valence-corrected chi connectivity index (χ4v) is 1.44. The molecule has 0 aromatic rings. The van der Waals surface area contributed by atoms with Gasteiger partial charge >= 0.3 is 0 Å². The van der Waals surface area contributed by atoms with E-state index in [2.05, 4.69) is 6.92 Å². The van der Waals surface area contributed by atoms with Crippen LogP contribution in [0.3, 0.4) is 0 Å². The lowest BCUT2D eigenvalue weighted by Gasteiger charge is -2.12. The molecule has 2 nitrogen and oxygen atoms in total. The first-order chi connectivity index (χ1) is 4.70. The van der Waals surface area contributed by atoms with Crippen LogP contribution in [-0.4, -0.2) is 22.4 Å². The second-order valence-corrected chi connectivity index (χ2v) is 3.39. The van der Waals surface area contributed by atoms with Crippen LogP contribution >= 0.6 is 0 Å². The first-order valence-corrected chi connectivity index (χ1v) is 4.06. The van der Waals surface area contributed by atoms with Crippen molar-refractivity contribution in [3.05, 3.63) is 0 Å². The van der Waals surface area contributed by atoms with E-state index >= 15 is 0 Å². The zero-order valence-corrected chi connectivity index (χ0v) is 6.45. The predicted octanol–water partition coefficient (Wildman–Crippen LogP) is 0.918. The summed E-state index contributed by atoms with van der Waals surface area (Å²) in [7, 11) is 0. The fraction of sp³-hybridized carbons (Fsp3) is 1.00. The van der Waals surface area contributed by atoms with Crippen LogP contribution in [0.5, 0.6) is 0 Å². The highest BCUT2D eigenvalue weighted by Crippen LogP contribution is 2.22. The third kappa shape index (κ3) is 1.96. The molecule has 1 saturated carbocycles. The Labute approximate surface area is 61.9 Å². The van der Waals surface area contributed by atoms with Crippen LogP contribution in [0.4, 0.5) is 0 Å². The van der Waals surface area contributed by atoms with Gasteiger partial charge in [0.15, 0.2) is 0 Å². The highest BCUT2D eigenvalue weighted by molar-refractivity contribution is 4.73. The van der Waals surface area contributed by atoms with Crippen molar-refractivity contribution >= 4 is 0 Å². The van der Waals surface area contributed by atoms with Crippen LogP contribution in [0.25, 0.3) is 0 Å². The second kappa shape index (κ2) is 3.35. The molecule has 1 rings (SSSR count). The van der Waals surface area contributed by atoms with E-state index in [-0.39, 0.29) is 0 Å². The highest BCUT2D eigenvalue weighted by atomic mass is 16.3. The summed E-state index contributed by atoms with van der Waals surface area (Å²) in [6.07, 6.45) is 2.70. The number of aliphatic hydroxyl groups is 2. The SMILES string of the molecule is CC1CCC(O)[C@@H](O)CC1. The van der Waals surface area contributed by atoms with Gasteiger partial charge in [-0.2, -0.15) is 0 Å². The Morgan fingerprint density at radius 2 is 1.30 bits per heavy atom. The van der Waals surface area contributed by atoms with Gasteiger partial charge in [-0.1, -0.05) is 6.92 Å². The van der Waals surface area contributed by atoms with Crippen LogP contribution in [0.1, 0.15) is 32.6 Å². The Kier molecular flexibility index (Phi) is 2.69. The number of aliphatic hydroxyl groups excluding tert-OH is 2. The van der Waals surface area contributed by atoms with E-state index in [9.17, 15) is 10.2 Å². The van der Waals surface area contributed by atoms with Crippen molar-refractivity contribution in [1.29, 1.82) is 0 Å². The van der Waals surface area contributed by atoms with E-state index in [0.717, 1.165) is 25.7 Å². The van der Waals surface area contributed by atoms with Gasteiger partial charge in [0.25, 0.3) is 0 Å². The first-order valence-electron chi connectivity index (χ1n) is 4.06. The molecule has 0 saturated heterocycles. The summed E-state index contributed by atoms with van der Waals surface area (Å²) in [5.41, 5.74) is 0. The summed E-state index contributed by atoms with van der Waals surface area (Å²) in [6.45, 7) is 2.17. The van der Waals surface area contributed by atoms with E-state index in [0.29, 0.717) is 5.92 Å². The molecule has 2 N–H and O–H groups in total. The lowest BCUT2D eigenvalue weighted by molar-refractivity contribution is 0.0157.